The number of nitrogens with one attached hydrogen (secondary N) is 1. The largest absolute Gasteiger partial charge is 0.346 e. The van der Waals surface area contributed by atoms with Crippen molar-refractivity contribution in [3.63, 3.8) is 0 Å². The monoisotopic (exact) mass is 375 g/mol. The summed E-state index contributed by atoms with van der Waals surface area (Å²) in [6, 6.07) is 21.5. The number of pyridine rings is 1. The molecular weight excluding hydrogens is 358 g/mol. The number of fused-ring (bicyclic) bond motifs is 1. The highest BCUT2D eigenvalue weighted by Gasteiger charge is 2.12. The molecule has 0 spiro atoms. The van der Waals surface area contributed by atoms with Crippen molar-refractivity contribution >= 4 is 23.2 Å². The highest BCUT2D eigenvalue weighted by atomic mass is 35.5. The third-order valence-corrected chi connectivity index (χ3v) is 4.62. The van der Waals surface area contributed by atoms with Crippen LogP contribution in [0, 0.1) is 0 Å². The number of carbonyl (C=O) groups excluding carboxylic acids is 1. The molecule has 0 unspecified atom stereocenters. The van der Waals surface area contributed by atoms with E-state index in [1.807, 2.05) is 59.1 Å². The van der Waals surface area contributed by atoms with E-state index in [9.17, 15) is 4.79 Å². The number of imidazole rings is 1. The maximum absolute atomic E-state index is 12.7. The van der Waals surface area contributed by atoms with E-state index in [1.54, 1.807) is 12.3 Å². The highest BCUT2D eigenvalue weighted by molar-refractivity contribution is 6.30. The van der Waals surface area contributed by atoms with E-state index in [0.717, 1.165) is 23.3 Å². The molecule has 0 saturated carbocycles. The van der Waals surface area contributed by atoms with E-state index in [1.165, 1.54) is 5.56 Å². The molecule has 0 aliphatic heterocycles. The molecule has 0 aliphatic carbocycles. The fraction of sp³-hybridized carbons (Fsp3) is 0.0909. The molecule has 0 atom stereocenters. The first-order chi connectivity index (χ1) is 13.2. The Kier molecular flexibility index (Phi) is 4.90. The normalized spacial score (nSPS) is 10.9. The minimum atomic E-state index is -0.100. The third kappa shape index (κ3) is 4.01. The Balaban J connectivity index is 1.49. The van der Waals surface area contributed by atoms with Gasteiger partial charge in [0.05, 0.1) is 17.3 Å². The summed E-state index contributed by atoms with van der Waals surface area (Å²) in [5.41, 5.74) is 4.45. The Bertz CT molecular complexity index is 1090. The lowest BCUT2D eigenvalue weighted by atomic mass is 9.99. The summed E-state index contributed by atoms with van der Waals surface area (Å²) in [6.07, 6.45) is 4.39. The van der Waals surface area contributed by atoms with E-state index in [2.05, 4.69) is 22.4 Å². The van der Waals surface area contributed by atoms with Gasteiger partial charge in [-0.05, 0) is 35.7 Å². The van der Waals surface area contributed by atoms with Crippen LogP contribution < -0.4 is 5.32 Å². The van der Waals surface area contributed by atoms with Crippen molar-refractivity contribution < 1.29 is 4.79 Å². The molecule has 1 N–H and O–H groups in total. The molecule has 2 aromatic heterocycles. The first-order valence-corrected chi connectivity index (χ1v) is 9.10. The number of amides is 1. The van der Waals surface area contributed by atoms with Crippen molar-refractivity contribution in [2.45, 2.75) is 13.0 Å². The van der Waals surface area contributed by atoms with Gasteiger partial charge in [0.1, 0.15) is 5.65 Å². The van der Waals surface area contributed by atoms with Gasteiger partial charge in [-0.2, -0.15) is 0 Å². The summed E-state index contributed by atoms with van der Waals surface area (Å²) in [4.78, 5) is 17.2. The van der Waals surface area contributed by atoms with Crippen LogP contribution in [0.2, 0.25) is 5.02 Å². The van der Waals surface area contributed by atoms with Gasteiger partial charge in [0, 0.05) is 18.0 Å². The van der Waals surface area contributed by atoms with Crippen molar-refractivity contribution in [1.29, 1.82) is 0 Å². The highest BCUT2D eigenvalue weighted by Crippen LogP contribution is 2.15. The number of rotatable bonds is 5. The van der Waals surface area contributed by atoms with Crippen LogP contribution in [-0.2, 0) is 13.0 Å². The zero-order valence-electron chi connectivity index (χ0n) is 14.6. The SMILES string of the molecule is O=C(NCc1cn2cc(Cl)ccc2n1)c1ccccc1Cc1ccccc1. The van der Waals surface area contributed by atoms with Crippen LogP contribution in [0.3, 0.4) is 0 Å². The molecular formula is C22H18ClN3O. The average molecular weight is 376 g/mol. The van der Waals surface area contributed by atoms with E-state index >= 15 is 0 Å². The van der Waals surface area contributed by atoms with Crippen LogP contribution >= 0.6 is 11.6 Å². The zero-order valence-corrected chi connectivity index (χ0v) is 15.4. The summed E-state index contributed by atoms with van der Waals surface area (Å²) in [5, 5.41) is 3.61. The van der Waals surface area contributed by atoms with Crippen LogP contribution in [0.4, 0.5) is 0 Å². The molecule has 27 heavy (non-hydrogen) atoms. The molecule has 4 aromatic rings. The number of hydrogen-bond acceptors (Lipinski definition) is 2. The predicted octanol–water partition coefficient (Wildman–Crippen LogP) is 4.51. The second-order valence-corrected chi connectivity index (χ2v) is 6.78. The fourth-order valence-electron chi connectivity index (χ4n) is 3.08. The van der Waals surface area contributed by atoms with Crippen molar-refractivity contribution in [2.75, 3.05) is 0 Å². The Hall–Kier alpha value is -3.11. The Morgan fingerprint density at radius 1 is 0.963 bits per heavy atom. The molecule has 0 saturated heterocycles. The van der Waals surface area contributed by atoms with Gasteiger partial charge in [-0.1, -0.05) is 60.1 Å². The number of aromatic nitrogens is 2. The smallest absolute Gasteiger partial charge is 0.251 e. The van der Waals surface area contributed by atoms with Gasteiger partial charge < -0.3 is 9.72 Å². The van der Waals surface area contributed by atoms with E-state index < -0.39 is 0 Å². The quantitative estimate of drug-likeness (QED) is 0.558. The molecule has 0 fully saturated rings. The van der Waals surface area contributed by atoms with Gasteiger partial charge >= 0.3 is 0 Å². The van der Waals surface area contributed by atoms with Gasteiger partial charge in [-0.3, -0.25) is 4.79 Å². The fourth-order valence-corrected chi connectivity index (χ4v) is 3.25. The number of hydrogen-bond donors (Lipinski definition) is 1. The van der Waals surface area contributed by atoms with Crippen molar-refractivity contribution in [3.8, 4) is 0 Å². The summed E-state index contributed by atoms with van der Waals surface area (Å²) in [5.74, 6) is -0.100. The number of benzene rings is 2. The van der Waals surface area contributed by atoms with E-state index in [4.69, 9.17) is 11.6 Å². The lowest BCUT2D eigenvalue weighted by Gasteiger charge is -2.10. The molecule has 5 heteroatoms. The molecule has 1 amide bonds. The van der Waals surface area contributed by atoms with Crippen LogP contribution in [0.1, 0.15) is 27.2 Å². The second kappa shape index (κ2) is 7.64. The molecule has 2 heterocycles. The summed E-state index contributed by atoms with van der Waals surface area (Å²) < 4.78 is 1.85. The maximum Gasteiger partial charge on any atom is 0.251 e. The standard InChI is InChI=1S/C22H18ClN3O/c23-18-10-11-21-25-19(15-26(21)14-18)13-24-22(27)20-9-5-4-8-17(20)12-16-6-2-1-3-7-16/h1-11,14-15H,12-13H2,(H,24,27). The average Bonchev–Trinajstić information content (AvgIpc) is 3.09. The van der Waals surface area contributed by atoms with Gasteiger partial charge in [0.25, 0.3) is 5.91 Å². The first kappa shape index (κ1) is 17.3. The predicted molar refractivity (Wildman–Crippen MR) is 107 cm³/mol. The third-order valence-electron chi connectivity index (χ3n) is 4.39. The lowest BCUT2D eigenvalue weighted by molar-refractivity contribution is 0.0949. The Morgan fingerprint density at radius 2 is 1.74 bits per heavy atom. The van der Waals surface area contributed by atoms with Crippen LogP contribution in [0.5, 0.6) is 0 Å². The zero-order chi connectivity index (χ0) is 18.6. The minimum Gasteiger partial charge on any atom is -0.346 e. The maximum atomic E-state index is 12.7. The Labute approximate surface area is 162 Å². The summed E-state index contributed by atoms with van der Waals surface area (Å²) >= 11 is 6.00. The molecule has 4 rings (SSSR count). The molecule has 2 aromatic carbocycles. The number of nitrogens with zero attached hydrogens (tertiary/aromatic N) is 2. The van der Waals surface area contributed by atoms with E-state index in [0.29, 0.717) is 17.1 Å². The molecule has 4 nitrogen and oxygen atoms in total. The molecule has 0 bridgehead atoms. The van der Waals surface area contributed by atoms with Crippen molar-refractivity contribution in [3.05, 3.63) is 107 Å². The Morgan fingerprint density at radius 3 is 2.59 bits per heavy atom. The molecule has 0 radical (unpaired) electrons. The number of carbonyl (C=O) groups is 1. The molecule has 134 valence electrons. The first-order valence-electron chi connectivity index (χ1n) is 8.72. The summed E-state index contributed by atoms with van der Waals surface area (Å²) in [7, 11) is 0. The van der Waals surface area contributed by atoms with Gasteiger partial charge in [-0.25, -0.2) is 4.98 Å². The van der Waals surface area contributed by atoms with Crippen molar-refractivity contribution in [1.82, 2.24) is 14.7 Å². The van der Waals surface area contributed by atoms with E-state index in [-0.39, 0.29) is 5.91 Å². The van der Waals surface area contributed by atoms with Crippen molar-refractivity contribution in [2.24, 2.45) is 0 Å². The van der Waals surface area contributed by atoms with Crippen LogP contribution in [-0.4, -0.2) is 15.3 Å². The van der Waals surface area contributed by atoms with Crippen LogP contribution in [0.25, 0.3) is 5.65 Å². The molecule has 0 aliphatic rings. The topological polar surface area (TPSA) is 46.4 Å². The van der Waals surface area contributed by atoms with Gasteiger partial charge in [-0.15, -0.1) is 0 Å². The second-order valence-electron chi connectivity index (χ2n) is 6.35. The van der Waals surface area contributed by atoms with Gasteiger partial charge in [0.15, 0.2) is 0 Å². The van der Waals surface area contributed by atoms with Gasteiger partial charge in [0.2, 0.25) is 0 Å². The summed E-state index contributed by atoms with van der Waals surface area (Å²) in [6.45, 7) is 0.359. The van der Waals surface area contributed by atoms with Crippen LogP contribution in [0.15, 0.2) is 79.1 Å². The lowest BCUT2D eigenvalue weighted by Crippen LogP contribution is -2.24. The minimum absolute atomic E-state index is 0.100. The number of halogens is 1.